The average Bonchev–Trinajstić information content (AvgIpc) is 2.76. The zero-order valence-electron chi connectivity index (χ0n) is 8.84. The molecule has 84 valence electrons. The number of pyridine rings is 1. The van der Waals surface area contributed by atoms with Crippen molar-refractivity contribution in [3.05, 3.63) is 47.1 Å². The topological polar surface area (TPSA) is 56.2 Å². The van der Waals surface area contributed by atoms with Crippen molar-refractivity contribution in [2.24, 2.45) is 0 Å². The summed E-state index contributed by atoms with van der Waals surface area (Å²) in [7, 11) is 0. The molecule has 3 aromatic rings. The molecule has 0 atom stereocenters. The number of hydrogen-bond donors (Lipinski definition) is 1. The molecule has 0 saturated carbocycles. The monoisotopic (exact) mass is 288 g/mol. The van der Waals surface area contributed by atoms with Gasteiger partial charge in [-0.1, -0.05) is 22.0 Å². The molecule has 2 aromatic heterocycles. The highest BCUT2D eigenvalue weighted by molar-refractivity contribution is 9.10. The number of halogens is 1. The van der Waals surface area contributed by atoms with Gasteiger partial charge in [0.1, 0.15) is 0 Å². The number of nitrogens with zero attached hydrogens (tertiary/aromatic N) is 3. The van der Waals surface area contributed by atoms with Crippen LogP contribution in [-0.2, 0) is 0 Å². The van der Waals surface area contributed by atoms with Gasteiger partial charge in [-0.05, 0) is 30.3 Å². The Balaban J connectivity index is 2.31. The first kappa shape index (κ1) is 10.3. The third-order valence-electron chi connectivity index (χ3n) is 2.55. The molecule has 0 saturated heterocycles. The number of rotatable bonds is 1. The van der Waals surface area contributed by atoms with Crippen LogP contribution in [0, 0.1) is 0 Å². The molecule has 2 heterocycles. The summed E-state index contributed by atoms with van der Waals surface area (Å²) in [6.07, 6.45) is 1.93. The lowest BCUT2D eigenvalue weighted by molar-refractivity contribution is 1.11. The number of nitrogen functional groups attached to an aromatic ring is 1. The summed E-state index contributed by atoms with van der Waals surface area (Å²) in [5.74, 6) is 0.778. The fourth-order valence-corrected chi connectivity index (χ4v) is 2.16. The molecule has 3 rings (SSSR count). The van der Waals surface area contributed by atoms with Gasteiger partial charge in [0.25, 0.3) is 0 Å². The summed E-state index contributed by atoms with van der Waals surface area (Å²) >= 11 is 3.50. The molecule has 0 fully saturated rings. The molecule has 0 spiro atoms. The first-order valence-electron chi connectivity index (χ1n) is 5.11. The van der Waals surface area contributed by atoms with Crippen molar-refractivity contribution in [1.82, 2.24) is 14.6 Å². The van der Waals surface area contributed by atoms with E-state index in [4.69, 9.17) is 5.73 Å². The van der Waals surface area contributed by atoms with Gasteiger partial charge in [-0.25, -0.2) is 0 Å². The predicted octanol–water partition coefficient (Wildman–Crippen LogP) is 2.74. The van der Waals surface area contributed by atoms with Crippen LogP contribution in [-0.4, -0.2) is 14.6 Å². The molecule has 1 aromatic carbocycles. The number of nitrogens with two attached hydrogens (primary N) is 1. The van der Waals surface area contributed by atoms with Crippen molar-refractivity contribution in [3.8, 4) is 11.4 Å². The van der Waals surface area contributed by atoms with Gasteiger partial charge in [0.05, 0.1) is 0 Å². The Bertz CT molecular complexity index is 690. The second kappa shape index (κ2) is 3.85. The fraction of sp³-hybridized carbons (Fsp3) is 0. The molecule has 0 aliphatic carbocycles. The Kier molecular flexibility index (Phi) is 2.33. The predicted molar refractivity (Wildman–Crippen MR) is 70.5 cm³/mol. The first-order valence-corrected chi connectivity index (χ1v) is 5.90. The molecule has 0 radical (unpaired) electrons. The van der Waals surface area contributed by atoms with E-state index in [9.17, 15) is 0 Å². The van der Waals surface area contributed by atoms with Gasteiger partial charge in [0, 0.05) is 21.9 Å². The average molecular weight is 289 g/mol. The minimum Gasteiger partial charge on any atom is -0.399 e. The molecule has 4 nitrogen and oxygen atoms in total. The van der Waals surface area contributed by atoms with Gasteiger partial charge in [-0.2, -0.15) is 0 Å². The van der Waals surface area contributed by atoms with E-state index in [0.29, 0.717) is 5.69 Å². The second-order valence-electron chi connectivity index (χ2n) is 3.69. The number of fused-ring (bicyclic) bond motifs is 1. The van der Waals surface area contributed by atoms with E-state index in [1.54, 1.807) is 0 Å². The van der Waals surface area contributed by atoms with Crippen LogP contribution in [0.25, 0.3) is 17.0 Å². The quantitative estimate of drug-likeness (QED) is 0.701. The van der Waals surface area contributed by atoms with Gasteiger partial charge in [-0.15, -0.1) is 10.2 Å². The van der Waals surface area contributed by atoms with E-state index >= 15 is 0 Å². The summed E-state index contributed by atoms with van der Waals surface area (Å²) < 4.78 is 2.88. The maximum Gasteiger partial charge on any atom is 0.169 e. The Morgan fingerprint density at radius 1 is 1.12 bits per heavy atom. The smallest absolute Gasteiger partial charge is 0.169 e. The number of anilines is 1. The number of benzene rings is 1. The highest BCUT2D eigenvalue weighted by Crippen LogP contribution is 2.28. The van der Waals surface area contributed by atoms with Gasteiger partial charge >= 0.3 is 0 Å². The number of aromatic nitrogens is 3. The molecule has 0 unspecified atom stereocenters. The minimum atomic E-state index is 0.705. The largest absolute Gasteiger partial charge is 0.399 e. The number of hydrogen-bond acceptors (Lipinski definition) is 3. The SMILES string of the molecule is Nc1ccc(Br)c(-c2nnc3ccccn23)c1. The van der Waals surface area contributed by atoms with Crippen molar-refractivity contribution < 1.29 is 0 Å². The van der Waals surface area contributed by atoms with Crippen LogP contribution in [0.1, 0.15) is 0 Å². The minimum absolute atomic E-state index is 0.705. The summed E-state index contributed by atoms with van der Waals surface area (Å²) in [5, 5.41) is 8.31. The van der Waals surface area contributed by atoms with E-state index in [1.807, 2.05) is 47.0 Å². The molecule has 5 heteroatoms. The Morgan fingerprint density at radius 2 is 2.00 bits per heavy atom. The maximum absolute atomic E-state index is 5.80. The highest BCUT2D eigenvalue weighted by Gasteiger charge is 2.10. The van der Waals surface area contributed by atoms with Crippen molar-refractivity contribution in [2.45, 2.75) is 0 Å². The molecule has 0 amide bonds. The van der Waals surface area contributed by atoms with Gasteiger partial charge in [0.2, 0.25) is 0 Å². The maximum atomic E-state index is 5.80. The van der Waals surface area contributed by atoms with Crippen LogP contribution < -0.4 is 5.73 Å². The van der Waals surface area contributed by atoms with Gasteiger partial charge in [0.15, 0.2) is 11.5 Å². The molecule has 17 heavy (non-hydrogen) atoms. The van der Waals surface area contributed by atoms with Crippen molar-refractivity contribution in [3.63, 3.8) is 0 Å². The van der Waals surface area contributed by atoms with Crippen molar-refractivity contribution in [1.29, 1.82) is 0 Å². The fourth-order valence-electron chi connectivity index (χ4n) is 1.74. The summed E-state index contributed by atoms with van der Waals surface area (Å²) in [6, 6.07) is 11.4. The molecular weight excluding hydrogens is 280 g/mol. The molecular formula is C12H9BrN4. The van der Waals surface area contributed by atoms with Crippen LogP contribution >= 0.6 is 15.9 Å². The molecule has 0 aliphatic heterocycles. The first-order chi connectivity index (χ1) is 8.25. The highest BCUT2D eigenvalue weighted by atomic mass is 79.9. The normalized spacial score (nSPS) is 10.9. The van der Waals surface area contributed by atoms with E-state index in [0.717, 1.165) is 21.5 Å². The summed E-state index contributed by atoms with van der Waals surface area (Å²) in [4.78, 5) is 0. The lowest BCUT2D eigenvalue weighted by atomic mass is 10.2. The van der Waals surface area contributed by atoms with Crippen LogP contribution in [0.3, 0.4) is 0 Å². The van der Waals surface area contributed by atoms with E-state index in [2.05, 4.69) is 26.1 Å². The van der Waals surface area contributed by atoms with Crippen LogP contribution in [0.15, 0.2) is 47.1 Å². The molecule has 2 N–H and O–H groups in total. The standard InChI is InChI=1S/C12H9BrN4/c13-10-5-4-8(14)7-9(10)12-16-15-11-3-1-2-6-17(11)12/h1-7H,14H2. The van der Waals surface area contributed by atoms with Crippen LogP contribution in [0.4, 0.5) is 5.69 Å². The van der Waals surface area contributed by atoms with E-state index in [-0.39, 0.29) is 0 Å². The second-order valence-corrected chi connectivity index (χ2v) is 4.55. The van der Waals surface area contributed by atoms with Crippen molar-refractivity contribution in [2.75, 3.05) is 5.73 Å². The van der Waals surface area contributed by atoms with E-state index < -0.39 is 0 Å². The summed E-state index contributed by atoms with van der Waals surface area (Å²) in [6.45, 7) is 0. The lowest BCUT2D eigenvalue weighted by Crippen LogP contribution is -1.92. The van der Waals surface area contributed by atoms with Crippen LogP contribution in [0.2, 0.25) is 0 Å². The third kappa shape index (κ3) is 1.68. The Labute approximate surface area is 106 Å². The van der Waals surface area contributed by atoms with Gasteiger partial charge in [-0.3, -0.25) is 4.40 Å². The third-order valence-corrected chi connectivity index (χ3v) is 3.24. The molecule has 0 bridgehead atoms. The lowest BCUT2D eigenvalue weighted by Gasteiger charge is -2.03. The Morgan fingerprint density at radius 3 is 2.88 bits per heavy atom. The van der Waals surface area contributed by atoms with Gasteiger partial charge < -0.3 is 5.73 Å². The summed E-state index contributed by atoms with van der Waals surface area (Å²) in [5.41, 5.74) is 8.25. The Hall–Kier alpha value is -1.88. The zero-order valence-corrected chi connectivity index (χ0v) is 10.4. The zero-order chi connectivity index (χ0) is 11.8. The van der Waals surface area contributed by atoms with E-state index in [1.165, 1.54) is 0 Å². The van der Waals surface area contributed by atoms with Crippen molar-refractivity contribution >= 4 is 27.3 Å². The van der Waals surface area contributed by atoms with Crippen LogP contribution in [0.5, 0.6) is 0 Å². The molecule has 0 aliphatic rings.